The molecule has 6 heteroatoms. The summed E-state index contributed by atoms with van der Waals surface area (Å²) in [5.41, 5.74) is 1.59. The maximum absolute atomic E-state index is 12.0. The number of benzene rings is 1. The largest absolute Gasteiger partial charge is 0.388 e. The molecule has 1 aromatic carbocycles. The van der Waals surface area contributed by atoms with E-state index in [1.807, 2.05) is 44.2 Å². The summed E-state index contributed by atoms with van der Waals surface area (Å²) in [6, 6.07) is 9.42. The highest BCUT2D eigenvalue weighted by molar-refractivity contribution is 7.11. The molecule has 1 fully saturated rings. The first-order valence-corrected chi connectivity index (χ1v) is 8.99. The number of nitrogens with one attached hydrogen (secondary N) is 2. The minimum atomic E-state index is -0.539. The molecule has 0 bridgehead atoms. The minimum Gasteiger partial charge on any atom is -0.388 e. The Kier molecular flexibility index (Phi) is 4.87. The molecule has 1 aliphatic rings. The van der Waals surface area contributed by atoms with Crippen LogP contribution in [0.1, 0.15) is 40.1 Å². The predicted molar refractivity (Wildman–Crippen MR) is 94.9 cm³/mol. The molecule has 2 aromatic rings. The van der Waals surface area contributed by atoms with E-state index in [0.29, 0.717) is 13.1 Å². The Morgan fingerprint density at radius 3 is 2.58 bits per heavy atom. The number of carbonyl (C=O) groups excluding carboxylic acids is 1. The minimum absolute atomic E-state index is 0.216. The fraction of sp³-hybridized carbons (Fsp3) is 0.444. The first-order valence-electron chi connectivity index (χ1n) is 8.18. The summed E-state index contributed by atoms with van der Waals surface area (Å²) in [6.45, 7) is 4.87. The van der Waals surface area contributed by atoms with E-state index < -0.39 is 6.10 Å². The van der Waals surface area contributed by atoms with Crippen molar-refractivity contribution >= 4 is 17.4 Å². The lowest BCUT2D eigenvalue weighted by Crippen LogP contribution is -2.40. The van der Waals surface area contributed by atoms with Crippen LogP contribution >= 0.6 is 11.3 Å². The fourth-order valence-electron chi connectivity index (χ4n) is 2.92. The molecule has 5 nitrogen and oxygen atoms in total. The van der Waals surface area contributed by atoms with Gasteiger partial charge in [0.2, 0.25) is 0 Å². The summed E-state index contributed by atoms with van der Waals surface area (Å²) in [6.07, 6.45) is 1.31. The van der Waals surface area contributed by atoms with Gasteiger partial charge in [-0.3, -0.25) is 0 Å². The van der Waals surface area contributed by atoms with E-state index in [9.17, 15) is 9.90 Å². The highest BCUT2D eigenvalue weighted by Crippen LogP contribution is 2.54. The van der Waals surface area contributed by atoms with Gasteiger partial charge in [0.1, 0.15) is 0 Å². The molecule has 3 N–H and O–H groups in total. The third kappa shape index (κ3) is 3.76. The van der Waals surface area contributed by atoms with Crippen molar-refractivity contribution in [3.8, 4) is 0 Å². The summed E-state index contributed by atoms with van der Waals surface area (Å²) < 4.78 is 0. The van der Waals surface area contributed by atoms with Crippen LogP contribution in [0.15, 0.2) is 30.3 Å². The number of nitrogens with zero attached hydrogens (tertiary/aromatic N) is 1. The van der Waals surface area contributed by atoms with Crippen LogP contribution in [0, 0.1) is 19.3 Å². The Bertz CT molecular complexity index is 710. The average molecular weight is 345 g/mol. The zero-order valence-electron chi connectivity index (χ0n) is 14.0. The van der Waals surface area contributed by atoms with Gasteiger partial charge < -0.3 is 15.7 Å². The van der Waals surface area contributed by atoms with Gasteiger partial charge in [-0.1, -0.05) is 30.3 Å². The molecule has 0 saturated heterocycles. The van der Waals surface area contributed by atoms with Crippen LogP contribution < -0.4 is 10.6 Å². The Labute approximate surface area is 146 Å². The molecule has 1 saturated carbocycles. The smallest absolute Gasteiger partial charge is 0.315 e. The van der Waals surface area contributed by atoms with Gasteiger partial charge in [-0.05, 0) is 32.3 Å². The van der Waals surface area contributed by atoms with E-state index in [4.69, 9.17) is 0 Å². The second-order valence-corrected chi connectivity index (χ2v) is 7.85. The normalized spacial score (nSPS) is 16.5. The van der Waals surface area contributed by atoms with E-state index in [2.05, 4.69) is 15.6 Å². The fourth-order valence-corrected chi connectivity index (χ4v) is 3.75. The van der Waals surface area contributed by atoms with Crippen molar-refractivity contribution in [1.82, 2.24) is 15.6 Å². The highest BCUT2D eigenvalue weighted by atomic mass is 32.1. The van der Waals surface area contributed by atoms with E-state index in [1.165, 1.54) is 0 Å². The summed E-state index contributed by atoms with van der Waals surface area (Å²) in [4.78, 5) is 17.6. The van der Waals surface area contributed by atoms with Gasteiger partial charge in [0.15, 0.2) is 0 Å². The second kappa shape index (κ2) is 6.91. The van der Waals surface area contributed by atoms with Crippen molar-refractivity contribution in [2.24, 2.45) is 5.41 Å². The number of amides is 2. The molecule has 1 aromatic heterocycles. The second-order valence-electron chi connectivity index (χ2n) is 6.45. The SMILES string of the molecule is Cc1nc(CNC(=O)NCC2(C(O)c3ccccc3)CC2)c(C)s1. The third-order valence-corrected chi connectivity index (χ3v) is 5.53. The molecule has 1 unspecified atom stereocenters. The first kappa shape index (κ1) is 16.9. The summed E-state index contributed by atoms with van der Waals surface area (Å²) in [5.74, 6) is 0. The average Bonchev–Trinajstić information content (AvgIpc) is 3.31. The maximum Gasteiger partial charge on any atom is 0.315 e. The van der Waals surface area contributed by atoms with Gasteiger partial charge >= 0.3 is 6.03 Å². The number of urea groups is 1. The van der Waals surface area contributed by atoms with E-state index in [1.54, 1.807) is 11.3 Å². The van der Waals surface area contributed by atoms with E-state index in [-0.39, 0.29) is 11.4 Å². The lowest BCUT2D eigenvalue weighted by atomic mass is 9.93. The molecule has 2 amide bonds. The van der Waals surface area contributed by atoms with Crippen LogP contribution in [-0.4, -0.2) is 22.7 Å². The number of carbonyl (C=O) groups is 1. The van der Waals surface area contributed by atoms with Gasteiger partial charge in [-0.2, -0.15) is 0 Å². The van der Waals surface area contributed by atoms with Crippen molar-refractivity contribution in [1.29, 1.82) is 0 Å². The lowest BCUT2D eigenvalue weighted by molar-refractivity contribution is 0.0932. The molecule has 128 valence electrons. The van der Waals surface area contributed by atoms with Gasteiger partial charge in [0.25, 0.3) is 0 Å². The Morgan fingerprint density at radius 2 is 2.00 bits per heavy atom. The van der Waals surface area contributed by atoms with Crippen LogP contribution in [-0.2, 0) is 6.54 Å². The van der Waals surface area contributed by atoms with Crippen molar-refractivity contribution in [2.75, 3.05) is 6.54 Å². The van der Waals surface area contributed by atoms with Crippen LogP contribution in [0.25, 0.3) is 0 Å². The van der Waals surface area contributed by atoms with Gasteiger partial charge in [0, 0.05) is 16.8 Å². The van der Waals surface area contributed by atoms with Crippen LogP contribution in [0.4, 0.5) is 4.79 Å². The first-order chi connectivity index (χ1) is 11.5. The van der Waals surface area contributed by atoms with Gasteiger partial charge in [-0.15, -0.1) is 11.3 Å². The Hall–Kier alpha value is -1.92. The zero-order chi connectivity index (χ0) is 17.2. The molecule has 0 spiro atoms. The van der Waals surface area contributed by atoms with Crippen LogP contribution in [0.3, 0.4) is 0 Å². The molecule has 1 aliphatic carbocycles. The molecule has 0 aliphatic heterocycles. The third-order valence-electron chi connectivity index (χ3n) is 4.60. The predicted octanol–water partition coefficient (Wildman–Crippen LogP) is 3.07. The molecule has 1 atom stereocenters. The number of aliphatic hydroxyl groups excluding tert-OH is 1. The monoisotopic (exact) mass is 345 g/mol. The van der Waals surface area contributed by atoms with Crippen molar-refractivity contribution in [3.63, 3.8) is 0 Å². The summed E-state index contributed by atoms with van der Waals surface area (Å²) in [5, 5.41) is 17.3. The number of aryl methyl sites for hydroxylation is 2. The molecule has 0 radical (unpaired) electrons. The van der Waals surface area contributed by atoms with Gasteiger partial charge in [-0.25, -0.2) is 9.78 Å². The number of thiazole rings is 1. The molecular formula is C18H23N3O2S. The highest BCUT2D eigenvalue weighted by Gasteiger charge is 2.49. The number of rotatable bonds is 6. The van der Waals surface area contributed by atoms with Crippen molar-refractivity contribution in [3.05, 3.63) is 51.5 Å². The number of aliphatic hydroxyl groups is 1. The Morgan fingerprint density at radius 1 is 1.29 bits per heavy atom. The molecular weight excluding hydrogens is 322 g/mol. The number of aromatic nitrogens is 1. The quantitative estimate of drug-likeness (QED) is 0.753. The topological polar surface area (TPSA) is 74.2 Å². The molecule has 1 heterocycles. The summed E-state index contributed by atoms with van der Waals surface area (Å²) >= 11 is 1.63. The Balaban J connectivity index is 1.50. The standard InChI is InChI=1S/C18H23N3O2S/c1-12-15(21-13(2)24-12)10-19-17(23)20-11-18(8-9-18)16(22)14-6-4-3-5-7-14/h3-7,16,22H,8-11H2,1-2H3,(H2,19,20,23). The molecule has 3 rings (SSSR count). The van der Waals surface area contributed by atoms with Crippen molar-refractivity contribution < 1.29 is 9.90 Å². The van der Waals surface area contributed by atoms with Crippen LogP contribution in [0.5, 0.6) is 0 Å². The van der Waals surface area contributed by atoms with E-state index in [0.717, 1.165) is 34.0 Å². The summed E-state index contributed by atoms with van der Waals surface area (Å²) in [7, 11) is 0. The van der Waals surface area contributed by atoms with Gasteiger partial charge in [0.05, 0.1) is 23.4 Å². The van der Waals surface area contributed by atoms with E-state index >= 15 is 0 Å². The van der Waals surface area contributed by atoms with Crippen molar-refractivity contribution in [2.45, 2.75) is 39.3 Å². The number of hydrogen-bond acceptors (Lipinski definition) is 4. The zero-order valence-corrected chi connectivity index (χ0v) is 14.8. The van der Waals surface area contributed by atoms with Crippen LogP contribution in [0.2, 0.25) is 0 Å². The molecule has 24 heavy (non-hydrogen) atoms. The maximum atomic E-state index is 12.0. The number of hydrogen-bond donors (Lipinski definition) is 3. The lowest BCUT2D eigenvalue weighted by Gasteiger charge is -2.23.